The number of benzene rings is 1. The minimum Gasteiger partial charge on any atom is -0.493 e. The summed E-state index contributed by atoms with van der Waals surface area (Å²) in [5, 5.41) is 10.3. The van der Waals surface area contributed by atoms with Crippen LogP contribution in [0.5, 0.6) is 5.75 Å². The van der Waals surface area contributed by atoms with E-state index in [0.29, 0.717) is 0 Å². The van der Waals surface area contributed by atoms with Crippen LogP contribution in [-0.2, 0) is 6.42 Å². The van der Waals surface area contributed by atoms with Gasteiger partial charge in [-0.3, -0.25) is 5.10 Å². The normalized spacial score (nSPS) is 15.6. The smallest absolute Gasteiger partial charge is 0.146 e. The quantitative estimate of drug-likeness (QED) is 0.878. The van der Waals surface area contributed by atoms with Crippen molar-refractivity contribution in [1.82, 2.24) is 20.5 Å². The number of hydrogen-bond donors (Lipinski definition) is 2. The molecule has 2 N–H and O–H groups in total. The molecule has 2 aromatic rings. The zero-order chi connectivity index (χ0) is 13.1. The van der Waals surface area contributed by atoms with E-state index in [0.717, 1.165) is 43.1 Å². The summed E-state index contributed by atoms with van der Waals surface area (Å²) in [6.07, 6.45) is 3.71. The number of aromatic amines is 1. The molecule has 0 saturated heterocycles. The number of para-hydroxylation sites is 1. The fraction of sp³-hybridized carbons (Fsp3) is 0.429. The van der Waals surface area contributed by atoms with Gasteiger partial charge >= 0.3 is 0 Å². The van der Waals surface area contributed by atoms with E-state index in [1.54, 1.807) is 0 Å². The van der Waals surface area contributed by atoms with Gasteiger partial charge in [0.05, 0.1) is 12.6 Å². The number of rotatable bonds is 4. The first-order valence-electron chi connectivity index (χ1n) is 6.73. The lowest BCUT2D eigenvalue weighted by atomic mass is 9.97. The van der Waals surface area contributed by atoms with Crippen molar-refractivity contribution in [3.8, 4) is 5.75 Å². The molecule has 2 heterocycles. The van der Waals surface area contributed by atoms with Crippen molar-refractivity contribution in [2.75, 3.05) is 13.2 Å². The van der Waals surface area contributed by atoms with Gasteiger partial charge in [-0.15, -0.1) is 0 Å². The molecule has 0 amide bonds. The summed E-state index contributed by atoms with van der Waals surface area (Å²) in [6, 6.07) is 6.32. The lowest BCUT2D eigenvalue weighted by molar-refractivity contribution is 0.282. The molecule has 1 aliphatic heterocycles. The van der Waals surface area contributed by atoms with Crippen LogP contribution in [-0.4, -0.2) is 28.3 Å². The minimum absolute atomic E-state index is 0.000509. The topological polar surface area (TPSA) is 62.8 Å². The first-order valence-corrected chi connectivity index (χ1v) is 6.73. The summed E-state index contributed by atoms with van der Waals surface area (Å²) in [6.45, 7) is 3.73. The van der Waals surface area contributed by atoms with Crippen LogP contribution >= 0.6 is 0 Å². The minimum atomic E-state index is 0.000509. The van der Waals surface area contributed by atoms with E-state index in [4.69, 9.17) is 4.74 Å². The second kappa shape index (κ2) is 5.40. The molecule has 19 heavy (non-hydrogen) atoms. The summed E-state index contributed by atoms with van der Waals surface area (Å²) < 4.78 is 5.88. The Hall–Kier alpha value is -1.88. The van der Waals surface area contributed by atoms with Crippen LogP contribution in [0.15, 0.2) is 24.5 Å². The van der Waals surface area contributed by atoms with E-state index in [2.05, 4.69) is 45.6 Å². The van der Waals surface area contributed by atoms with Crippen molar-refractivity contribution in [3.63, 3.8) is 0 Å². The Balaban J connectivity index is 2.03. The zero-order valence-corrected chi connectivity index (χ0v) is 11.0. The maximum Gasteiger partial charge on any atom is 0.146 e. The molecule has 100 valence electrons. The number of nitrogens with one attached hydrogen (secondary N) is 2. The van der Waals surface area contributed by atoms with Gasteiger partial charge < -0.3 is 10.1 Å². The van der Waals surface area contributed by atoms with Crippen molar-refractivity contribution < 1.29 is 4.74 Å². The SMILES string of the molecule is CCNC(c1ncn[nH]1)c1cccc2c1OCCC2. The molecule has 0 fully saturated rings. The molecule has 1 aromatic carbocycles. The Morgan fingerprint density at radius 1 is 1.47 bits per heavy atom. The first-order chi connectivity index (χ1) is 9.40. The highest BCUT2D eigenvalue weighted by Crippen LogP contribution is 2.34. The average molecular weight is 258 g/mol. The highest BCUT2D eigenvalue weighted by atomic mass is 16.5. The Labute approximate surface area is 112 Å². The predicted molar refractivity (Wildman–Crippen MR) is 72.2 cm³/mol. The summed E-state index contributed by atoms with van der Waals surface area (Å²) in [4.78, 5) is 4.28. The summed E-state index contributed by atoms with van der Waals surface area (Å²) in [5.41, 5.74) is 2.42. The van der Waals surface area contributed by atoms with Gasteiger partial charge in [0, 0.05) is 5.56 Å². The van der Waals surface area contributed by atoms with E-state index in [9.17, 15) is 0 Å². The lowest BCUT2D eigenvalue weighted by Crippen LogP contribution is -2.25. The van der Waals surface area contributed by atoms with Gasteiger partial charge in [0.25, 0.3) is 0 Å². The monoisotopic (exact) mass is 258 g/mol. The van der Waals surface area contributed by atoms with Crippen LogP contribution in [0.1, 0.15) is 36.3 Å². The second-order valence-corrected chi connectivity index (χ2v) is 4.65. The highest BCUT2D eigenvalue weighted by molar-refractivity contribution is 5.46. The van der Waals surface area contributed by atoms with E-state index >= 15 is 0 Å². The maximum absolute atomic E-state index is 5.88. The van der Waals surface area contributed by atoms with E-state index in [1.807, 2.05) is 0 Å². The van der Waals surface area contributed by atoms with Gasteiger partial charge in [0.1, 0.15) is 17.9 Å². The van der Waals surface area contributed by atoms with Crippen molar-refractivity contribution in [2.45, 2.75) is 25.8 Å². The summed E-state index contributed by atoms with van der Waals surface area (Å²) in [7, 11) is 0. The first kappa shape index (κ1) is 12.2. The number of aryl methyl sites for hydroxylation is 1. The van der Waals surface area contributed by atoms with Gasteiger partial charge in [-0.2, -0.15) is 5.10 Å². The Bertz CT molecular complexity index is 538. The van der Waals surface area contributed by atoms with Crippen molar-refractivity contribution in [3.05, 3.63) is 41.5 Å². The fourth-order valence-electron chi connectivity index (χ4n) is 2.55. The molecule has 0 spiro atoms. The average Bonchev–Trinajstić information content (AvgIpc) is 2.98. The molecule has 1 aromatic heterocycles. The van der Waals surface area contributed by atoms with Crippen LogP contribution in [0.4, 0.5) is 0 Å². The van der Waals surface area contributed by atoms with E-state index in [1.165, 1.54) is 11.9 Å². The molecule has 5 nitrogen and oxygen atoms in total. The van der Waals surface area contributed by atoms with Crippen molar-refractivity contribution in [2.24, 2.45) is 0 Å². The van der Waals surface area contributed by atoms with Gasteiger partial charge in [0.15, 0.2) is 0 Å². The van der Waals surface area contributed by atoms with Crippen LogP contribution in [0, 0.1) is 0 Å². The Morgan fingerprint density at radius 3 is 3.21 bits per heavy atom. The fourth-order valence-corrected chi connectivity index (χ4v) is 2.55. The van der Waals surface area contributed by atoms with E-state index < -0.39 is 0 Å². The molecule has 0 radical (unpaired) electrons. The number of ether oxygens (including phenoxy) is 1. The predicted octanol–water partition coefficient (Wildman–Crippen LogP) is 1.83. The van der Waals surface area contributed by atoms with Crippen molar-refractivity contribution in [1.29, 1.82) is 0 Å². The molecular formula is C14H18N4O. The van der Waals surface area contributed by atoms with Gasteiger partial charge in [0.2, 0.25) is 0 Å². The molecule has 1 aliphatic rings. The number of nitrogens with zero attached hydrogens (tertiary/aromatic N) is 2. The molecule has 0 bridgehead atoms. The third-order valence-electron chi connectivity index (χ3n) is 3.39. The van der Waals surface area contributed by atoms with Crippen LogP contribution in [0.2, 0.25) is 0 Å². The molecule has 3 rings (SSSR count). The standard InChI is InChI=1S/C14H18N4O/c1-2-15-12(14-16-9-17-18-14)11-7-3-5-10-6-4-8-19-13(10)11/h3,5,7,9,12,15H,2,4,6,8H2,1H3,(H,16,17,18). The zero-order valence-electron chi connectivity index (χ0n) is 11.0. The van der Waals surface area contributed by atoms with Gasteiger partial charge in [-0.1, -0.05) is 25.1 Å². The maximum atomic E-state index is 5.88. The van der Waals surface area contributed by atoms with Crippen LogP contribution < -0.4 is 10.1 Å². The number of H-pyrrole nitrogens is 1. The van der Waals surface area contributed by atoms with E-state index in [-0.39, 0.29) is 6.04 Å². The third kappa shape index (κ3) is 2.33. The number of aromatic nitrogens is 3. The second-order valence-electron chi connectivity index (χ2n) is 4.65. The summed E-state index contributed by atoms with van der Waals surface area (Å²) >= 11 is 0. The molecule has 0 saturated carbocycles. The number of fused-ring (bicyclic) bond motifs is 1. The third-order valence-corrected chi connectivity index (χ3v) is 3.39. The molecule has 5 heteroatoms. The largest absolute Gasteiger partial charge is 0.493 e. The van der Waals surface area contributed by atoms with Crippen LogP contribution in [0.25, 0.3) is 0 Å². The molecule has 1 atom stereocenters. The summed E-state index contributed by atoms with van der Waals surface area (Å²) in [5.74, 6) is 1.83. The highest BCUT2D eigenvalue weighted by Gasteiger charge is 2.23. The molecular weight excluding hydrogens is 240 g/mol. The van der Waals surface area contributed by atoms with Gasteiger partial charge in [-0.05, 0) is 24.9 Å². The van der Waals surface area contributed by atoms with Crippen LogP contribution in [0.3, 0.4) is 0 Å². The molecule has 1 unspecified atom stereocenters. The Kier molecular flexibility index (Phi) is 3.46. The molecule has 0 aliphatic carbocycles. The lowest BCUT2D eigenvalue weighted by Gasteiger charge is -2.24. The number of hydrogen-bond acceptors (Lipinski definition) is 4. The van der Waals surface area contributed by atoms with Crippen molar-refractivity contribution >= 4 is 0 Å². The van der Waals surface area contributed by atoms with Gasteiger partial charge in [-0.25, -0.2) is 4.98 Å². The Morgan fingerprint density at radius 2 is 2.42 bits per heavy atom.